The molecule has 1 saturated heterocycles. The number of benzene rings is 1. The van der Waals surface area contributed by atoms with Crippen molar-refractivity contribution in [2.45, 2.75) is 24.9 Å². The predicted octanol–water partition coefficient (Wildman–Crippen LogP) is 4.78. The molecule has 2 aliphatic rings. The average molecular weight is 479 g/mol. The van der Waals surface area contributed by atoms with Gasteiger partial charge in [0.15, 0.2) is 5.65 Å². The van der Waals surface area contributed by atoms with Crippen LogP contribution in [0.2, 0.25) is 0 Å². The van der Waals surface area contributed by atoms with Crippen LogP contribution in [0.1, 0.15) is 40.5 Å². The minimum absolute atomic E-state index is 0.125. The number of carbonyl (C=O) groups is 1. The van der Waals surface area contributed by atoms with Gasteiger partial charge in [0, 0.05) is 23.8 Å². The first-order valence-electron chi connectivity index (χ1n) is 9.77. The number of nitrogens with zero attached hydrogens (tertiary/aromatic N) is 4. The highest BCUT2D eigenvalue weighted by Crippen LogP contribution is 2.49. The van der Waals surface area contributed by atoms with Crippen molar-refractivity contribution in [2.24, 2.45) is 11.8 Å². The van der Waals surface area contributed by atoms with Gasteiger partial charge in [-0.3, -0.25) is 9.20 Å². The van der Waals surface area contributed by atoms with E-state index in [2.05, 4.69) is 26.1 Å². The zero-order chi connectivity index (χ0) is 21.0. The fraction of sp³-hybridized carbons (Fsp3) is 0.381. The van der Waals surface area contributed by atoms with Crippen molar-refractivity contribution in [1.82, 2.24) is 19.5 Å². The van der Waals surface area contributed by atoms with Gasteiger partial charge in [0.25, 0.3) is 5.91 Å². The van der Waals surface area contributed by atoms with Crippen LogP contribution >= 0.6 is 15.9 Å². The Balaban J connectivity index is 1.33. The van der Waals surface area contributed by atoms with Crippen molar-refractivity contribution in [2.75, 3.05) is 13.1 Å². The Morgan fingerprint density at radius 2 is 1.73 bits per heavy atom. The van der Waals surface area contributed by atoms with Crippen molar-refractivity contribution in [3.63, 3.8) is 0 Å². The molecule has 30 heavy (non-hydrogen) atoms. The molecule has 1 saturated carbocycles. The van der Waals surface area contributed by atoms with E-state index in [1.165, 1.54) is 6.07 Å². The fourth-order valence-electron chi connectivity index (χ4n) is 4.98. The second kappa shape index (κ2) is 7.08. The molecule has 156 valence electrons. The third-order valence-corrected chi connectivity index (χ3v) is 6.77. The lowest BCUT2D eigenvalue weighted by Gasteiger charge is -2.21. The van der Waals surface area contributed by atoms with Gasteiger partial charge in [-0.1, -0.05) is 18.2 Å². The van der Waals surface area contributed by atoms with Crippen LogP contribution in [0.4, 0.5) is 13.2 Å². The third kappa shape index (κ3) is 3.29. The van der Waals surface area contributed by atoms with E-state index >= 15 is 0 Å². The maximum atomic E-state index is 13.4. The fourth-order valence-corrected chi connectivity index (χ4v) is 5.32. The molecule has 2 aromatic heterocycles. The molecule has 1 aliphatic heterocycles. The lowest BCUT2D eigenvalue weighted by atomic mass is 9.91. The standard InChI is InChI=1S/C21H18BrF3N4O/c22-15-5-6-18-26-27-19(29(18)11-15)20(30)28-9-13-7-12(8-14(13)10-28)16-3-1-2-4-17(16)21(23,24)25/h1-6,11-14H,7-10H2/t12-,13-,14+. The van der Waals surface area contributed by atoms with E-state index in [0.29, 0.717) is 37.1 Å². The molecule has 3 atom stereocenters. The summed E-state index contributed by atoms with van der Waals surface area (Å²) in [4.78, 5) is 14.8. The Morgan fingerprint density at radius 3 is 2.43 bits per heavy atom. The molecule has 3 heterocycles. The molecule has 9 heteroatoms. The Bertz CT molecular complexity index is 1110. The SMILES string of the molecule is O=C(c1nnc2ccc(Br)cn12)N1C[C@H]2C[C@@H](c3ccccc3C(F)(F)F)C[C@H]2C1. The summed E-state index contributed by atoms with van der Waals surface area (Å²) in [6, 6.07) is 9.46. The maximum absolute atomic E-state index is 13.4. The smallest absolute Gasteiger partial charge is 0.335 e. The highest BCUT2D eigenvalue weighted by molar-refractivity contribution is 9.10. The normalized spacial score (nSPS) is 23.9. The van der Waals surface area contributed by atoms with Gasteiger partial charge < -0.3 is 4.90 Å². The molecule has 2 fully saturated rings. The molecule has 0 bridgehead atoms. The van der Waals surface area contributed by atoms with Crippen LogP contribution in [0.15, 0.2) is 47.1 Å². The summed E-state index contributed by atoms with van der Waals surface area (Å²) in [6.45, 7) is 1.08. The molecule has 1 amide bonds. The summed E-state index contributed by atoms with van der Waals surface area (Å²) >= 11 is 3.39. The van der Waals surface area contributed by atoms with Crippen molar-refractivity contribution in [1.29, 1.82) is 0 Å². The quantitative estimate of drug-likeness (QED) is 0.532. The van der Waals surface area contributed by atoms with E-state index in [-0.39, 0.29) is 29.5 Å². The number of pyridine rings is 1. The zero-order valence-corrected chi connectivity index (χ0v) is 17.4. The van der Waals surface area contributed by atoms with Gasteiger partial charge in [0.1, 0.15) is 0 Å². The molecule has 0 unspecified atom stereocenters. The second-order valence-corrected chi connectivity index (χ2v) is 9.00. The van der Waals surface area contributed by atoms with Crippen LogP contribution < -0.4 is 0 Å². The summed E-state index contributed by atoms with van der Waals surface area (Å²) in [6.07, 6.45) is -1.27. The first-order valence-corrected chi connectivity index (χ1v) is 10.6. The number of fused-ring (bicyclic) bond motifs is 2. The van der Waals surface area contributed by atoms with E-state index in [1.54, 1.807) is 33.7 Å². The van der Waals surface area contributed by atoms with Gasteiger partial charge in [-0.2, -0.15) is 13.2 Å². The van der Waals surface area contributed by atoms with Crippen LogP contribution in [0.5, 0.6) is 0 Å². The molecule has 5 nitrogen and oxygen atoms in total. The number of hydrogen-bond donors (Lipinski definition) is 0. The number of rotatable bonds is 2. The van der Waals surface area contributed by atoms with E-state index in [9.17, 15) is 18.0 Å². The number of carbonyl (C=O) groups excluding carboxylic acids is 1. The largest absolute Gasteiger partial charge is 0.416 e. The highest BCUT2D eigenvalue weighted by Gasteiger charge is 2.45. The Kier molecular flexibility index (Phi) is 4.61. The number of hydrogen-bond acceptors (Lipinski definition) is 3. The zero-order valence-electron chi connectivity index (χ0n) is 15.8. The lowest BCUT2D eigenvalue weighted by Crippen LogP contribution is -2.31. The molecule has 1 aromatic carbocycles. The Labute approximate surface area is 179 Å². The minimum atomic E-state index is -4.35. The first kappa shape index (κ1) is 19.5. The lowest BCUT2D eigenvalue weighted by molar-refractivity contribution is -0.138. The summed E-state index contributed by atoms with van der Waals surface area (Å²) in [7, 11) is 0. The molecule has 3 aromatic rings. The van der Waals surface area contributed by atoms with Crippen molar-refractivity contribution < 1.29 is 18.0 Å². The van der Waals surface area contributed by atoms with E-state index in [0.717, 1.165) is 10.5 Å². The predicted molar refractivity (Wildman–Crippen MR) is 107 cm³/mol. The van der Waals surface area contributed by atoms with Gasteiger partial charge in [-0.05, 0) is 70.3 Å². The van der Waals surface area contributed by atoms with Gasteiger partial charge >= 0.3 is 6.18 Å². The van der Waals surface area contributed by atoms with Crippen LogP contribution in [-0.2, 0) is 6.18 Å². The minimum Gasteiger partial charge on any atom is -0.335 e. The molecule has 1 aliphatic carbocycles. The van der Waals surface area contributed by atoms with Crippen LogP contribution in [0.3, 0.4) is 0 Å². The van der Waals surface area contributed by atoms with Gasteiger partial charge in [0.05, 0.1) is 5.56 Å². The highest BCUT2D eigenvalue weighted by atomic mass is 79.9. The van der Waals surface area contributed by atoms with Crippen molar-refractivity contribution >= 4 is 27.5 Å². The number of likely N-dealkylation sites (tertiary alicyclic amines) is 1. The van der Waals surface area contributed by atoms with Gasteiger partial charge in [-0.15, -0.1) is 10.2 Å². The van der Waals surface area contributed by atoms with Crippen molar-refractivity contribution in [3.05, 3.63) is 64.0 Å². The summed E-state index contributed by atoms with van der Waals surface area (Å²) in [5, 5.41) is 8.10. The number of amides is 1. The molecule has 0 N–H and O–H groups in total. The molecular formula is C21H18BrF3N4O. The number of halogens is 4. The monoisotopic (exact) mass is 478 g/mol. The Hall–Kier alpha value is -2.42. The van der Waals surface area contributed by atoms with Crippen LogP contribution in [-0.4, -0.2) is 38.5 Å². The van der Waals surface area contributed by atoms with E-state index in [4.69, 9.17) is 0 Å². The van der Waals surface area contributed by atoms with E-state index < -0.39 is 11.7 Å². The summed E-state index contributed by atoms with van der Waals surface area (Å²) in [5.74, 6) is 0.338. The molecular weight excluding hydrogens is 461 g/mol. The maximum Gasteiger partial charge on any atom is 0.416 e. The second-order valence-electron chi connectivity index (χ2n) is 8.08. The van der Waals surface area contributed by atoms with Gasteiger partial charge in [0.2, 0.25) is 5.82 Å². The average Bonchev–Trinajstić information content (AvgIpc) is 3.39. The van der Waals surface area contributed by atoms with Crippen LogP contribution in [0.25, 0.3) is 5.65 Å². The molecule has 5 rings (SSSR count). The molecule has 0 radical (unpaired) electrons. The van der Waals surface area contributed by atoms with E-state index in [1.807, 2.05) is 6.07 Å². The van der Waals surface area contributed by atoms with Gasteiger partial charge in [-0.25, -0.2) is 0 Å². The van der Waals surface area contributed by atoms with Crippen LogP contribution in [0, 0.1) is 11.8 Å². The number of alkyl halides is 3. The Morgan fingerprint density at radius 1 is 1.03 bits per heavy atom. The molecule has 0 spiro atoms. The first-order chi connectivity index (χ1) is 14.3. The third-order valence-electron chi connectivity index (χ3n) is 6.30. The summed E-state index contributed by atoms with van der Waals surface area (Å²) < 4.78 is 42.7. The topological polar surface area (TPSA) is 50.5 Å². The van der Waals surface area contributed by atoms with Crippen molar-refractivity contribution in [3.8, 4) is 0 Å². The number of aromatic nitrogens is 3. The summed E-state index contributed by atoms with van der Waals surface area (Å²) in [5.41, 5.74) is 0.429.